The molecule has 3 N–H and O–H groups in total. The number of hydrogen-bond donors (Lipinski definition) is 3. The number of anilines is 2. The van der Waals surface area contributed by atoms with E-state index in [0.29, 0.717) is 87.0 Å². The van der Waals surface area contributed by atoms with E-state index in [2.05, 4.69) is 16.0 Å². The molecule has 2 atom stereocenters. The molecular weight excluding hydrogens is 839 g/mol. The van der Waals surface area contributed by atoms with Gasteiger partial charge in [0.05, 0.1) is 75.4 Å². The van der Waals surface area contributed by atoms with Crippen molar-refractivity contribution in [3.63, 3.8) is 0 Å². The lowest BCUT2D eigenvalue weighted by Crippen LogP contribution is -2.52. The number of methoxy groups -OCH3 is 1. The highest BCUT2D eigenvalue weighted by atomic mass is 32.2. The first-order valence-corrected chi connectivity index (χ1v) is 22.8. The summed E-state index contributed by atoms with van der Waals surface area (Å²) in [5.74, 6) is -2.71. The van der Waals surface area contributed by atoms with Gasteiger partial charge >= 0.3 is 0 Å². The number of imide groups is 2. The molecule has 0 aliphatic carbocycles. The molecule has 3 aliphatic rings. The van der Waals surface area contributed by atoms with Crippen LogP contribution in [0.2, 0.25) is 0 Å². The van der Waals surface area contributed by atoms with Crippen LogP contribution < -0.4 is 25.4 Å². The van der Waals surface area contributed by atoms with Crippen LogP contribution in [0, 0.1) is 0 Å². The van der Waals surface area contributed by atoms with Crippen molar-refractivity contribution in [2.24, 2.45) is 0 Å². The summed E-state index contributed by atoms with van der Waals surface area (Å²) in [5.41, 5.74) is 3.30. The summed E-state index contributed by atoms with van der Waals surface area (Å²) >= 11 is 0. The van der Waals surface area contributed by atoms with E-state index in [4.69, 9.17) is 23.7 Å². The molecule has 6 rings (SSSR count). The number of rotatable bonds is 23. The Balaban J connectivity index is 0.936. The summed E-state index contributed by atoms with van der Waals surface area (Å²) in [4.78, 5) is 79.8. The van der Waals surface area contributed by atoms with Crippen LogP contribution in [0.15, 0.2) is 48.5 Å². The van der Waals surface area contributed by atoms with Gasteiger partial charge in [0.25, 0.3) is 17.7 Å². The fraction of sp³-hybridized carbons (Fsp3) is 0.455. The van der Waals surface area contributed by atoms with Crippen molar-refractivity contribution in [1.29, 1.82) is 0 Å². The monoisotopic (exact) mass is 891 g/mol. The van der Waals surface area contributed by atoms with E-state index in [1.807, 2.05) is 6.07 Å². The number of amides is 6. The minimum absolute atomic E-state index is 0.0269. The van der Waals surface area contributed by atoms with E-state index in [0.717, 1.165) is 22.4 Å². The molecule has 18 nitrogen and oxygen atoms in total. The van der Waals surface area contributed by atoms with Crippen LogP contribution in [0.4, 0.5) is 11.4 Å². The normalized spacial score (nSPS) is 16.5. The number of hydrogen-bond acceptors (Lipinski definition) is 14. The Morgan fingerprint density at radius 2 is 1.60 bits per heavy atom. The molecule has 0 bridgehead atoms. The van der Waals surface area contributed by atoms with Gasteiger partial charge in [0.2, 0.25) is 17.7 Å². The van der Waals surface area contributed by atoms with Crippen LogP contribution in [0.1, 0.15) is 86.9 Å². The van der Waals surface area contributed by atoms with Gasteiger partial charge in [0.1, 0.15) is 15.9 Å². The zero-order valence-corrected chi connectivity index (χ0v) is 36.6. The zero-order chi connectivity index (χ0) is 45.3. The van der Waals surface area contributed by atoms with Gasteiger partial charge in [0.15, 0.2) is 11.5 Å². The molecule has 2 unspecified atom stereocenters. The first-order valence-electron chi connectivity index (χ1n) is 20.7. The fourth-order valence-corrected chi connectivity index (χ4v) is 8.73. The molecule has 338 valence electrons. The van der Waals surface area contributed by atoms with Crippen LogP contribution >= 0.6 is 0 Å². The molecular formula is C44H53N5O13S. The fourth-order valence-electron chi connectivity index (χ4n) is 7.81. The summed E-state index contributed by atoms with van der Waals surface area (Å²) in [6.45, 7) is 6.27. The predicted molar refractivity (Wildman–Crippen MR) is 230 cm³/mol. The van der Waals surface area contributed by atoms with Crippen molar-refractivity contribution in [2.75, 3.05) is 82.5 Å². The Morgan fingerprint density at radius 1 is 0.873 bits per heavy atom. The first kappa shape index (κ1) is 46.6. The average Bonchev–Trinajstić information content (AvgIpc) is 3.70. The lowest BCUT2D eigenvalue weighted by atomic mass is 10.0. The number of fused-ring (bicyclic) bond motifs is 2. The number of sulfone groups is 1. The number of carbonyl (C=O) groups excluding carboxylic acids is 6. The molecule has 63 heavy (non-hydrogen) atoms. The molecule has 0 saturated carbocycles. The summed E-state index contributed by atoms with van der Waals surface area (Å²) in [5, 5.41) is 8.35. The Labute approximate surface area is 365 Å². The van der Waals surface area contributed by atoms with Crippen molar-refractivity contribution in [3.8, 4) is 11.5 Å². The smallest absolute Gasteiger partial charge is 0.264 e. The second-order valence-electron chi connectivity index (χ2n) is 15.3. The molecule has 0 spiro atoms. The van der Waals surface area contributed by atoms with Crippen LogP contribution in [0.5, 0.6) is 11.5 Å². The molecule has 19 heteroatoms. The second kappa shape index (κ2) is 21.0. The molecule has 1 saturated heterocycles. The van der Waals surface area contributed by atoms with E-state index in [-0.39, 0.29) is 54.8 Å². The highest BCUT2D eigenvalue weighted by Gasteiger charge is 2.44. The third-order valence-electron chi connectivity index (χ3n) is 10.7. The lowest BCUT2D eigenvalue weighted by Gasteiger charge is -2.29. The predicted octanol–water partition coefficient (Wildman–Crippen LogP) is 3.29. The summed E-state index contributed by atoms with van der Waals surface area (Å²) in [7, 11) is -2.25. The largest absolute Gasteiger partial charge is 0.493 e. The van der Waals surface area contributed by atoms with Crippen LogP contribution in [-0.4, -0.2) is 132 Å². The first-order chi connectivity index (χ1) is 30.2. The van der Waals surface area contributed by atoms with Gasteiger partial charge in [-0.05, 0) is 73.7 Å². The van der Waals surface area contributed by atoms with Crippen LogP contribution in [-0.2, 0) is 51.4 Å². The van der Waals surface area contributed by atoms with Crippen molar-refractivity contribution in [1.82, 2.24) is 15.1 Å². The van der Waals surface area contributed by atoms with Crippen molar-refractivity contribution in [3.05, 3.63) is 81.9 Å². The van der Waals surface area contributed by atoms with Gasteiger partial charge in [0, 0.05) is 56.1 Å². The maximum absolute atomic E-state index is 14.0. The highest BCUT2D eigenvalue weighted by molar-refractivity contribution is 7.90. The summed E-state index contributed by atoms with van der Waals surface area (Å²) in [6.07, 6.45) is 2.56. The minimum Gasteiger partial charge on any atom is -0.493 e. The Hall–Kier alpha value is -5.89. The van der Waals surface area contributed by atoms with E-state index in [1.54, 1.807) is 49.4 Å². The van der Waals surface area contributed by atoms with E-state index >= 15 is 0 Å². The van der Waals surface area contributed by atoms with E-state index in [1.165, 1.54) is 18.9 Å². The van der Waals surface area contributed by atoms with Gasteiger partial charge in [-0.15, -0.1) is 0 Å². The average molecular weight is 892 g/mol. The van der Waals surface area contributed by atoms with Crippen LogP contribution in [0.25, 0.3) is 0 Å². The number of carbonyl (C=O) groups is 6. The lowest BCUT2D eigenvalue weighted by molar-refractivity contribution is -0.137. The van der Waals surface area contributed by atoms with E-state index in [9.17, 15) is 37.2 Å². The molecule has 0 aromatic heterocycles. The third kappa shape index (κ3) is 11.4. The molecule has 0 radical (unpaired) electrons. The molecule has 6 amide bonds. The standard InChI is InChI=1S/C44H53N5O13S/c1-5-62-38-24-29(10-12-37(38)58-3)36(26-63(4,56)57)49-43(54)31-22-28(23-34(46-27(2)50)40(31)44(49)55)14-17-60-19-21-61-20-18-59-16-7-15-45-33-9-6-8-30-32(33)25-48(42(30)53)35-11-13-39(51)47-41(35)52/h6,8-10,12,22-24,35-36,45H,5,7,11,13-21,25-26H2,1-4H3,(H,46,50)(H,47,51,52). The quantitative estimate of drug-likeness (QED) is 0.0918. The van der Waals surface area contributed by atoms with Gasteiger partial charge in [-0.3, -0.25) is 39.0 Å². The summed E-state index contributed by atoms with van der Waals surface area (Å²) < 4.78 is 53.5. The Kier molecular flexibility index (Phi) is 15.5. The third-order valence-corrected chi connectivity index (χ3v) is 11.6. The number of nitrogens with one attached hydrogen (secondary N) is 3. The number of benzene rings is 3. The SMILES string of the molecule is CCOc1cc(C(CS(C)(=O)=O)N2C(=O)c3cc(CCOCCOCCOCCCNc4cccc5c4CN(C4CCC(=O)NC4=O)C5=O)cc(NC(C)=O)c3C2=O)ccc1OC. The van der Waals surface area contributed by atoms with Gasteiger partial charge < -0.3 is 39.2 Å². The van der Waals surface area contributed by atoms with Crippen molar-refractivity contribution >= 4 is 56.7 Å². The highest BCUT2D eigenvalue weighted by Crippen LogP contribution is 2.39. The maximum Gasteiger partial charge on any atom is 0.264 e. The molecule has 3 heterocycles. The van der Waals surface area contributed by atoms with Gasteiger partial charge in [-0.1, -0.05) is 12.1 Å². The van der Waals surface area contributed by atoms with Gasteiger partial charge in [-0.25, -0.2) is 8.42 Å². The van der Waals surface area contributed by atoms with Crippen molar-refractivity contribution < 1.29 is 60.9 Å². The minimum atomic E-state index is -3.72. The number of nitrogens with zero attached hydrogens (tertiary/aromatic N) is 2. The van der Waals surface area contributed by atoms with E-state index < -0.39 is 51.3 Å². The zero-order valence-electron chi connectivity index (χ0n) is 35.8. The molecule has 3 aromatic carbocycles. The molecule has 1 fully saturated rings. The topological polar surface area (TPSA) is 225 Å². The van der Waals surface area contributed by atoms with Crippen molar-refractivity contribution in [2.45, 2.75) is 58.2 Å². The number of ether oxygens (including phenoxy) is 5. The molecule has 3 aromatic rings. The number of piperidine rings is 1. The molecule has 3 aliphatic heterocycles. The van der Waals surface area contributed by atoms with Crippen LogP contribution in [0.3, 0.4) is 0 Å². The maximum atomic E-state index is 14.0. The Bertz CT molecular complexity index is 2350. The summed E-state index contributed by atoms with van der Waals surface area (Å²) in [6, 6.07) is 11.5. The van der Waals surface area contributed by atoms with Gasteiger partial charge in [-0.2, -0.15) is 0 Å². The second-order valence-corrected chi connectivity index (χ2v) is 17.5. The Morgan fingerprint density at radius 3 is 2.29 bits per heavy atom.